The molecule has 2 aromatic rings. The van der Waals surface area contributed by atoms with Gasteiger partial charge in [0.1, 0.15) is 6.54 Å². The zero-order chi connectivity index (χ0) is 16.3. The number of carbonyl (C=O) groups is 1. The molecule has 0 spiro atoms. The topological polar surface area (TPSA) is 42.4 Å². The van der Waals surface area contributed by atoms with E-state index >= 15 is 0 Å². The van der Waals surface area contributed by atoms with Crippen molar-refractivity contribution in [3.05, 3.63) is 35.2 Å². The Hall–Kier alpha value is -2.09. The summed E-state index contributed by atoms with van der Waals surface area (Å²) in [4.78, 5) is 17.1. The van der Waals surface area contributed by atoms with E-state index in [2.05, 4.69) is 9.72 Å². The summed E-state index contributed by atoms with van der Waals surface area (Å²) < 4.78 is 42.7. The van der Waals surface area contributed by atoms with E-state index in [4.69, 9.17) is 0 Å². The van der Waals surface area contributed by atoms with Crippen LogP contribution in [0.25, 0.3) is 11.3 Å². The number of rotatable bonds is 4. The van der Waals surface area contributed by atoms with Gasteiger partial charge in [-0.1, -0.05) is 12.1 Å². The fraction of sp³-hybridized carbons (Fsp3) is 0.286. The Bertz CT molecular complexity index is 670. The van der Waals surface area contributed by atoms with Crippen molar-refractivity contribution in [1.82, 2.24) is 4.98 Å². The average molecular weight is 330 g/mol. The Morgan fingerprint density at radius 2 is 2.14 bits per heavy atom. The zero-order valence-corrected chi connectivity index (χ0v) is 12.7. The summed E-state index contributed by atoms with van der Waals surface area (Å²) in [5, 5.41) is 2.18. The van der Waals surface area contributed by atoms with Crippen molar-refractivity contribution >= 4 is 22.4 Å². The number of likely N-dealkylation sites (N-methyl/N-ethyl adjacent to an activating group) is 1. The van der Waals surface area contributed by atoms with Gasteiger partial charge in [-0.25, -0.2) is 4.98 Å². The molecule has 4 nitrogen and oxygen atoms in total. The van der Waals surface area contributed by atoms with Gasteiger partial charge in [-0.05, 0) is 12.1 Å². The highest BCUT2D eigenvalue weighted by Gasteiger charge is 2.30. The van der Waals surface area contributed by atoms with E-state index in [1.807, 2.05) is 0 Å². The number of benzene rings is 1. The van der Waals surface area contributed by atoms with E-state index < -0.39 is 17.7 Å². The highest BCUT2D eigenvalue weighted by atomic mass is 32.1. The van der Waals surface area contributed by atoms with Crippen LogP contribution >= 0.6 is 11.3 Å². The minimum atomic E-state index is -4.39. The molecule has 0 radical (unpaired) electrons. The van der Waals surface area contributed by atoms with Crippen LogP contribution in [0.4, 0.5) is 18.3 Å². The maximum Gasteiger partial charge on any atom is 0.416 e. The number of aromatic nitrogens is 1. The third-order valence-electron chi connectivity index (χ3n) is 2.90. The van der Waals surface area contributed by atoms with Crippen molar-refractivity contribution in [3.63, 3.8) is 0 Å². The second kappa shape index (κ2) is 6.35. The number of esters is 1. The number of anilines is 1. The molecule has 2 rings (SSSR count). The molecule has 0 aliphatic heterocycles. The molecular weight excluding hydrogens is 317 g/mol. The van der Waals surface area contributed by atoms with Crippen LogP contribution in [0.15, 0.2) is 29.6 Å². The zero-order valence-electron chi connectivity index (χ0n) is 11.8. The Kier molecular flexibility index (Phi) is 4.70. The van der Waals surface area contributed by atoms with Gasteiger partial charge in [0.2, 0.25) is 0 Å². The lowest BCUT2D eigenvalue weighted by atomic mass is 10.1. The summed E-state index contributed by atoms with van der Waals surface area (Å²) >= 11 is 1.24. The molecule has 0 aliphatic rings. The van der Waals surface area contributed by atoms with Gasteiger partial charge in [-0.2, -0.15) is 13.2 Å². The quantitative estimate of drug-likeness (QED) is 0.806. The lowest BCUT2D eigenvalue weighted by Crippen LogP contribution is -2.26. The predicted octanol–water partition coefficient (Wildman–Crippen LogP) is 3.44. The molecule has 0 unspecified atom stereocenters. The molecule has 1 aromatic carbocycles. The number of thiazole rings is 1. The smallest absolute Gasteiger partial charge is 0.416 e. The first kappa shape index (κ1) is 16.3. The van der Waals surface area contributed by atoms with Crippen molar-refractivity contribution in [2.75, 3.05) is 25.6 Å². The van der Waals surface area contributed by atoms with Gasteiger partial charge >= 0.3 is 12.1 Å². The Balaban J connectivity index is 2.23. The number of hydrogen-bond acceptors (Lipinski definition) is 5. The van der Waals surface area contributed by atoms with E-state index in [0.717, 1.165) is 12.1 Å². The van der Waals surface area contributed by atoms with E-state index in [0.29, 0.717) is 16.4 Å². The van der Waals surface area contributed by atoms with E-state index in [-0.39, 0.29) is 6.54 Å². The highest BCUT2D eigenvalue weighted by molar-refractivity contribution is 7.14. The minimum Gasteiger partial charge on any atom is -0.468 e. The van der Waals surface area contributed by atoms with Crippen LogP contribution in [-0.4, -0.2) is 31.7 Å². The number of halogens is 3. The third-order valence-corrected chi connectivity index (χ3v) is 3.85. The highest BCUT2D eigenvalue weighted by Crippen LogP contribution is 2.33. The molecule has 118 valence electrons. The summed E-state index contributed by atoms with van der Waals surface area (Å²) in [6.07, 6.45) is -4.39. The van der Waals surface area contributed by atoms with Gasteiger partial charge in [-0.15, -0.1) is 11.3 Å². The number of hydrogen-bond donors (Lipinski definition) is 0. The summed E-state index contributed by atoms with van der Waals surface area (Å²) in [5.41, 5.74) is 0.0917. The molecule has 0 N–H and O–H groups in total. The molecule has 22 heavy (non-hydrogen) atoms. The second-order valence-electron chi connectivity index (χ2n) is 4.53. The average Bonchev–Trinajstić information content (AvgIpc) is 2.96. The summed E-state index contributed by atoms with van der Waals surface area (Å²) in [7, 11) is 2.94. The maximum atomic E-state index is 12.7. The number of carbonyl (C=O) groups excluding carboxylic acids is 1. The number of alkyl halides is 3. The SMILES string of the molecule is COC(=O)CN(C)c1nc(-c2cccc(C(F)(F)F)c2)cs1. The van der Waals surface area contributed by atoms with Gasteiger partial charge in [0, 0.05) is 18.0 Å². The first-order valence-electron chi connectivity index (χ1n) is 6.22. The molecule has 0 atom stereocenters. The standard InChI is InChI=1S/C14H13F3N2O2S/c1-19(7-12(20)21-2)13-18-11(8-22-13)9-4-3-5-10(6-9)14(15,16)17/h3-6,8H,7H2,1-2H3. The predicted molar refractivity (Wildman–Crippen MR) is 77.8 cm³/mol. The molecule has 0 aliphatic carbocycles. The molecule has 1 aromatic heterocycles. The van der Waals surface area contributed by atoms with Gasteiger partial charge in [0.15, 0.2) is 5.13 Å². The fourth-order valence-corrected chi connectivity index (χ4v) is 2.55. The maximum absolute atomic E-state index is 12.7. The number of ether oxygens (including phenoxy) is 1. The molecule has 0 fully saturated rings. The number of nitrogens with zero attached hydrogens (tertiary/aromatic N) is 2. The van der Waals surface area contributed by atoms with E-state index in [1.165, 1.54) is 24.5 Å². The van der Waals surface area contributed by atoms with Crippen LogP contribution in [0.3, 0.4) is 0 Å². The molecule has 0 saturated heterocycles. The lowest BCUT2D eigenvalue weighted by Gasteiger charge is -2.13. The van der Waals surface area contributed by atoms with Crippen LogP contribution < -0.4 is 4.90 Å². The molecule has 0 amide bonds. The third kappa shape index (κ3) is 3.76. The van der Waals surface area contributed by atoms with Gasteiger partial charge < -0.3 is 9.64 Å². The fourth-order valence-electron chi connectivity index (χ4n) is 1.75. The van der Waals surface area contributed by atoms with Crippen molar-refractivity contribution in [2.45, 2.75) is 6.18 Å². The lowest BCUT2D eigenvalue weighted by molar-refractivity contribution is -0.139. The van der Waals surface area contributed by atoms with Crippen molar-refractivity contribution in [1.29, 1.82) is 0 Å². The Labute approximate surface area is 129 Å². The molecule has 1 heterocycles. The molecule has 0 bridgehead atoms. The van der Waals surface area contributed by atoms with E-state index in [9.17, 15) is 18.0 Å². The normalized spacial score (nSPS) is 11.3. The van der Waals surface area contributed by atoms with Gasteiger partial charge in [-0.3, -0.25) is 4.79 Å². The van der Waals surface area contributed by atoms with Crippen LogP contribution in [-0.2, 0) is 15.7 Å². The van der Waals surface area contributed by atoms with Gasteiger partial charge in [0.25, 0.3) is 0 Å². The monoisotopic (exact) mass is 330 g/mol. The van der Waals surface area contributed by atoms with Crippen molar-refractivity contribution in [2.24, 2.45) is 0 Å². The van der Waals surface area contributed by atoms with Gasteiger partial charge in [0.05, 0.1) is 18.4 Å². The Morgan fingerprint density at radius 3 is 2.77 bits per heavy atom. The molecule has 8 heteroatoms. The Morgan fingerprint density at radius 1 is 1.41 bits per heavy atom. The van der Waals surface area contributed by atoms with Crippen LogP contribution in [0.5, 0.6) is 0 Å². The van der Waals surface area contributed by atoms with Crippen LogP contribution in [0.1, 0.15) is 5.56 Å². The van der Waals surface area contributed by atoms with Crippen LogP contribution in [0.2, 0.25) is 0 Å². The van der Waals surface area contributed by atoms with Crippen LogP contribution in [0, 0.1) is 0 Å². The minimum absolute atomic E-state index is 0.0199. The van der Waals surface area contributed by atoms with Crippen molar-refractivity contribution < 1.29 is 22.7 Å². The second-order valence-corrected chi connectivity index (χ2v) is 5.36. The number of methoxy groups -OCH3 is 1. The first-order chi connectivity index (χ1) is 10.3. The summed E-state index contributed by atoms with van der Waals surface area (Å²) in [6, 6.07) is 4.98. The van der Waals surface area contributed by atoms with Crippen molar-refractivity contribution in [3.8, 4) is 11.3 Å². The molecule has 0 saturated carbocycles. The largest absolute Gasteiger partial charge is 0.468 e. The molecular formula is C14H13F3N2O2S. The van der Waals surface area contributed by atoms with E-state index in [1.54, 1.807) is 23.4 Å². The summed E-state index contributed by atoms with van der Waals surface area (Å²) in [5.74, 6) is -0.418. The summed E-state index contributed by atoms with van der Waals surface area (Å²) in [6.45, 7) is 0.0199. The first-order valence-corrected chi connectivity index (χ1v) is 7.10.